The van der Waals surface area contributed by atoms with E-state index in [0.29, 0.717) is 11.5 Å². The van der Waals surface area contributed by atoms with Crippen LogP contribution in [0.4, 0.5) is 0 Å². The molecule has 0 bridgehead atoms. The van der Waals surface area contributed by atoms with E-state index in [1.54, 1.807) is 0 Å². The second kappa shape index (κ2) is 5.96. The van der Waals surface area contributed by atoms with E-state index in [4.69, 9.17) is 5.73 Å². The van der Waals surface area contributed by atoms with Gasteiger partial charge in [-0.05, 0) is 56.3 Å². The van der Waals surface area contributed by atoms with Crippen LogP contribution in [0.5, 0.6) is 0 Å². The molecule has 2 heteroatoms. The topological polar surface area (TPSA) is 29.3 Å². The van der Waals surface area contributed by atoms with Crippen LogP contribution in [0.3, 0.4) is 0 Å². The zero-order chi connectivity index (χ0) is 15.0. The Morgan fingerprint density at radius 3 is 2.40 bits per heavy atom. The molecule has 0 aromatic heterocycles. The number of nitrogens with zero attached hydrogens (tertiary/aromatic N) is 1. The largest absolute Gasteiger partial charge is 0.329 e. The Labute approximate surface area is 126 Å². The monoisotopic (exact) mass is 280 g/mol. The Morgan fingerprint density at radius 1 is 1.05 bits per heavy atom. The second-order valence-corrected chi connectivity index (χ2v) is 8.66. The summed E-state index contributed by atoms with van der Waals surface area (Å²) in [6.45, 7) is 14.2. The third-order valence-corrected chi connectivity index (χ3v) is 6.35. The predicted octanol–water partition coefficient (Wildman–Crippen LogP) is 4.04. The van der Waals surface area contributed by atoms with Crippen LogP contribution in [0, 0.1) is 17.3 Å². The lowest BCUT2D eigenvalue weighted by Crippen LogP contribution is -2.61. The zero-order valence-corrected chi connectivity index (χ0v) is 14.4. The number of hydrogen-bond donors (Lipinski definition) is 1. The van der Waals surface area contributed by atoms with E-state index in [2.05, 4.69) is 39.5 Å². The minimum Gasteiger partial charge on any atom is -0.329 e. The average molecular weight is 280 g/mol. The summed E-state index contributed by atoms with van der Waals surface area (Å²) in [5, 5.41) is 0. The van der Waals surface area contributed by atoms with E-state index in [9.17, 15) is 0 Å². The molecule has 1 aliphatic carbocycles. The van der Waals surface area contributed by atoms with Gasteiger partial charge in [0.2, 0.25) is 0 Å². The Bertz CT molecular complexity index is 325. The van der Waals surface area contributed by atoms with Gasteiger partial charge >= 0.3 is 0 Å². The van der Waals surface area contributed by atoms with Gasteiger partial charge in [0.1, 0.15) is 0 Å². The van der Waals surface area contributed by atoms with Gasteiger partial charge < -0.3 is 5.73 Å². The number of likely N-dealkylation sites (tertiary alicyclic amines) is 1. The molecule has 2 nitrogen and oxygen atoms in total. The summed E-state index contributed by atoms with van der Waals surface area (Å²) in [5.41, 5.74) is 7.12. The van der Waals surface area contributed by atoms with Gasteiger partial charge in [-0.2, -0.15) is 0 Å². The molecule has 1 saturated carbocycles. The zero-order valence-electron chi connectivity index (χ0n) is 14.4. The van der Waals surface area contributed by atoms with E-state index in [-0.39, 0.29) is 5.54 Å². The highest BCUT2D eigenvalue weighted by Gasteiger charge is 2.44. The van der Waals surface area contributed by atoms with Crippen LogP contribution in [0.15, 0.2) is 0 Å². The van der Waals surface area contributed by atoms with Crippen LogP contribution < -0.4 is 5.73 Å². The first-order valence-corrected chi connectivity index (χ1v) is 8.76. The summed E-state index contributed by atoms with van der Waals surface area (Å²) in [6.07, 6.45) is 8.01. The first-order chi connectivity index (χ1) is 9.30. The highest BCUT2D eigenvalue weighted by molar-refractivity contribution is 5.00. The van der Waals surface area contributed by atoms with Crippen molar-refractivity contribution in [3.8, 4) is 0 Å². The lowest BCUT2D eigenvalue weighted by molar-refractivity contribution is -0.0254. The first kappa shape index (κ1) is 16.3. The SMILES string of the molecule is CC1CC(C)C(C)N(C2(CN)CCCC(C)(C)CC2)C1. The van der Waals surface area contributed by atoms with Crippen molar-refractivity contribution in [2.45, 2.75) is 84.7 Å². The summed E-state index contributed by atoms with van der Waals surface area (Å²) in [6, 6.07) is 0.691. The quantitative estimate of drug-likeness (QED) is 0.774. The van der Waals surface area contributed by atoms with E-state index >= 15 is 0 Å². The summed E-state index contributed by atoms with van der Waals surface area (Å²) >= 11 is 0. The Balaban J connectivity index is 2.21. The molecular weight excluding hydrogens is 244 g/mol. The standard InChI is InChI=1S/C18H36N2/c1-14-11-15(2)16(3)20(12-14)18(13-19)8-6-7-17(4,5)9-10-18/h14-16H,6-13,19H2,1-5H3. The van der Waals surface area contributed by atoms with E-state index < -0.39 is 0 Å². The van der Waals surface area contributed by atoms with Crippen LogP contribution in [0.2, 0.25) is 0 Å². The predicted molar refractivity (Wildman–Crippen MR) is 87.8 cm³/mol. The van der Waals surface area contributed by atoms with Crippen molar-refractivity contribution in [2.24, 2.45) is 23.0 Å². The van der Waals surface area contributed by atoms with Gasteiger partial charge in [-0.1, -0.05) is 34.1 Å². The minimum absolute atomic E-state index is 0.274. The normalized spacial score (nSPS) is 43.2. The molecule has 0 aromatic carbocycles. The molecule has 20 heavy (non-hydrogen) atoms. The van der Waals surface area contributed by atoms with Gasteiger partial charge in [0, 0.05) is 24.7 Å². The molecule has 1 aliphatic heterocycles. The minimum atomic E-state index is 0.274. The highest BCUT2D eigenvalue weighted by Crippen LogP contribution is 2.43. The Kier molecular flexibility index (Phi) is 4.86. The molecule has 2 rings (SSSR count). The maximum Gasteiger partial charge on any atom is 0.0335 e. The van der Waals surface area contributed by atoms with Crippen molar-refractivity contribution in [3.05, 3.63) is 0 Å². The first-order valence-electron chi connectivity index (χ1n) is 8.76. The molecule has 1 heterocycles. The number of rotatable bonds is 2. The van der Waals surface area contributed by atoms with Crippen LogP contribution in [0.25, 0.3) is 0 Å². The van der Waals surface area contributed by atoms with Gasteiger partial charge in [-0.15, -0.1) is 0 Å². The molecular formula is C18H36N2. The van der Waals surface area contributed by atoms with Gasteiger partial charge in [-0.25, -0.2) is 0 Å². The average Bonchev–Trinajstić information content (AvgIpc) is 2.53. The molecule has 4 unspecified atom stereocenters. The fourth-order valence-electron chi connectivity index (χ4n) is 4.67. The lowest BCUT2D eigenvalue weighted by Gasteiger charge is -2.52. The Morgan fingerprint density at radius 2 is 1.75 bits per heavy atom. The molecule has 0 amide bonds. The Hall–Kier alpha value is -0.0800. The summed E-state index contributed by atoms with van der Waals surface area (Å²) < 4.78 is 0. The maximum atomic E-state index is 6.34. The molecule has 0 radical (unpaired) electrons. The van der Waals surface area contributed by atoms with Gasteiger partial charge in [0.05, 0.1) is 0 Å². The number of nitrogens with two attached hydrogens (primary N) is 1. The van der Waals surface area contributed by atoms with E-state index in [1.807, 2.05) is 0 Å². The molecule has 118 valence electrons. The van der Waals surface area contributed by atoms with Gasteiger partial charge in [-0.3, -0.25) is 4.90 Å². The molecule has 2 fully saturated rings. The summed E-state index contributed by atoms with van der Waals surface area (Å²) in [5.74, 6) is 1.62. The van der Waals surface area contributed by atoms with Crippen molar-refractivity contribution >= 4 is 0 Å². The molecule has 1 saturated heterocycles. The fraction of sp³-hybridized carbons (Fsp3) is 1.00. The molecule has 0 aromatic rings. The molecule has 4 atom stereocenters. The van der Waals surface area contributed by atoms with Crippen LogP contribution in [-0.4, -0.2) is 29.6 Å². The van der Waals surface area contributed by atoms with Gasteiger partial charge in [0.25, 0.3) is 0 Å². The van der Waals surface area contributed by atoms with E-state index in [0.717, 1.165) is 18.4 Å². The second-order valence-electron chi connectivity index (χ2n) is 8.66. The fourth-order valence-corrected chi connectivity index (χ4v) is 4.67. The summed E-state index contributed by atoms with van der Waals surface area (Å²) in [4.78, 5) is 2.81. The van der Waals surface area contributed by atoms with Crippen molar-refractivity contribution in [1.82, 2.24) is 4.90 Å². The highest BCUT2D eigenvalue weighted by atomic mass is 15.2. The van der Waals surface area contributed by atoms with Crippen LogP contribution >= 0.6 is 0 Å². The van der Waals surface area contributed by atoms with E-state index in [1.165, 1.54) is 45.1 Å². The molecule has 2 aliphatic rings. The van der Waals surface area contributed by atoms with Gasteiger partial charge in [0.15, 0.2) is 0 Å². The molecule has 2 N–H and O–H groups in total. The van der Waals surface area contributed by atoms with Crippen molar-refractivity contribution in [3.63, 3.8) is 0 Å². The van der Waals surface area contributed by atoms with Crippen molar-refractivity contribution in [2.75, 3.05) is 13.1 Å². The van der Waals surface area contributed by atoms with Crippen LogP contribution in [0.1, 0.15) is 73.1 Å². The van der Waals surface area contributed by atoms with Crippen molar-refractivity contribution in [1.29, 1.82) is 0 Å². The summed E-state index contributed by atoms with van der Waals surface area (Å²) in [7, 11) is 0. The third kappa shape index (κ3) is 3.22. The lowest BCUT2D eigenvalue weighted by atomic mass is 9.78. The van der Waals surface area contributed by atoms with Crippen molar-refractivity contribution < 1.29 is 0 Å². The number of hydrogen-bond acceptors (Lipinski definition) is 2. The number of piperidine rings is 1. The van der Waals surface area contributed by atoms with Crippen LogP contribution in [-0.2, 0) is 0 Å². The maximum absolute atomic E-state index is 6.34. The molecule has 0 spiro atoms. The smallest absolute Gasteiger partial charge is 0.0335 e. The third-order valence-electron chi connectivity index (χ3n) is 6.35.